The maximum atomic E-state index is 13.7. The first kappa shape index (κ1) is 24.5. The van der Waals surface area contributed by atoms with E-state index in [1.54, 1.807) is 19.2 Å². The number of halogens is 1. The van der Waals surface area contributed by atoms with Crippen LogP contribution in [0.3, 0.4) is 0 Å². The SMILES string of the molecule is COC(=O)C1CCC(CNC(=O)c2cnc(NC(C)c3cc(F)ccc3OC)c(C)c2)CC1. The molecule has 1 fully saturated rings. The molecule has 1 amide bonds. The average molecular weight is 458 g/mol. The van der Waals surface area contributed by atoms with E-state index in [4.69, 9.17) is 9.47 Å². The van der Waals surface area contributed by atoms with Gasteiger partial charge < -0.3 is 20.1 Å². The molecular formula is C25H32FN3O4. The van der Waals surface area contributed by atoms with Crippen molar-refractivity contribution in [2.75, 3.05) is 26.1 Å². The van der Waals surface area contributed by atoms with Crippen molar-refractivity contribution in [2.45, 2.75) is 45.6 Å². The molecule has 1 heterocycles. The number of esters is 1. The van der Waals surface area contributed by atoms with Gasteiger partial charge in [-0.15, -0.1) is 0 Å². The second-order valence-electron chi connectivity index (χ2n) is 8.59. The number of ether oxygens (including phenoxy) is 2. The van der Waals surface area contributed by atoms with E-state index in [2.05, 4.69) is 15.6 Å². The van der Waals surface area contributed by atoms with Crippen LogP contribution in [0.15, 0.2) is 30.5 Å². The van der Waals surface area contributed by atoms with Gasteiger partial charge in [-0.3, -0.25) is 9.59 Å². The number of carbonyl (C=O) groups is 2. The van der Waals surface area contributed by atoms with Crippen LogP contribution in [0.5, 0.6) is 5.75 Å². The normalized spacial score (nSPS) is 18.8. The highest BCUT2D eigenvalue weighted by Gasteiger charge is 2.27. The second-order valence-corrected chi connectivity index (χ2v) is 8.59. The van der Waals surface area contributed by atoms with Gasteiger partial charge in [0, 0.05) is 18.3 Å². The molecule has 0 aliphatic heterocycles. The Morgan fingerprint density at radius 3 is 2.55 bits per heavy atom. The van der Waals surface area contributed by atoms with Gasteiger partial charge in [-0.1, -0.05) is 0 Å². The quantitative estimate of drug-likeness (QED) is 0.571. The monoisotopic (exact) mass is 457 g/mol. The minimum absolute atomic E-state index is 0.0245. The Hall–Kier alpha value is -3.16. The predicted octanol–water partition coefficient (Wildman–Crippen LogP) is 4.42. The number of hydrogen-bond acceptors (Lipinski definition) is 6. The van der Waals surface area contributed by atoms with E-state index >= 15 is 0 Å². The molecule has 0 radical (unpaired) electrons. The van der Waals surface area contributed by atoms with Gasteiger partial charge in [0.2, 0.25) is 0 Å². The number of anilines is 1. The van der Waals surface area contributed by atoms with Crippen LogP contribution in [-0.4, -0.2) is 37.6 Å². The lowest BCUT2D eigenvalue weighted by Gasteiger charge is -2.27. The van der Waals surface area contributed by atoms with Gasteiger partial charge in [-0.2, -0.15) is 0 Å². The number of pyridine rings is 1. The fraction of sp³-hybridized carbons (Fsp3) is 0.480. The lowest BCUT2D eigenvalue weighted by Crippen LogP contribution is -2.32. The molecule has 2 N–H and O–H groups in total. The highest BCUT2D eigenvalue weighted by atomic mass is 19.1. The summed E-state index contributed by atoms with van der Waals surface area (Å²) < 4.78 is 23.9. The van der Waals surface area contributed by atoms with Crippen molar-refractivity contribution in [3.8, 4) is 5.75 Å². The minimum atomic E-state index is -0.338. The van der Waals surface area contributed by atoms with Crippen molar-refractivity contribution in [1.29, 1.82) is 0 Å². The summed E-state index contributed by atoms with van der Waals surface area (Å²) in [4.78, 5) is 28.7. The summed E-state index contributed by atoms with van der Waals surface area (Å²) in [6.45, 7) is 4.34. The lowest BCUT2D eigenvalue weighted by molar-refractivity contribution is -0.146. The van der Waals surface area contributed by atoms with Crippen LogP contribution < -0.4 is 15.4 Å². The van der Waals surface area contributed by atoms with Gasteiger partial charge in [0.15, 0.2) is 0 Å². The van der Waals surface area contributed by atoms with Crippen LogP contribution in [0, 0.1) is 24.6 Å². The van der Waals surface area contributed by atoms with Crippen molar-refractivity contribution in [3.63, 3.8) is 0 Å². The first-order valence-corrected chi connectivity index (χ1v) is 11.2. The number of amides is 1. The molecule has 7 nitrogen and oxygen atoms in total. The van der Waals surface area contributed by atoms with Gasteiger partial charge in [0.25, 0.3) is 5.91 Å². The van der Waals surface area contributed by atoms with Crippen LogP contribution in [0.1, 0.15) is 60.1 Å². The molecule has 1 unspecified atom stereocenters. The molecule has 1 aromatic heterocycles. The molecule has 0 spiro atoms. The van der Waals surface area contributed by atoms with E-state index in [9.17, 15) is 14.0 Å². The molecule has 2 aromatic rings. The maximum Gasteiger partial charge on any atom is 0.308 e. The van der Waals surface area contributed by atoms with E-state index < -0.39 is 0 Å². The Kier molecular flexibility index (Phi) is 8.25. The van der Waals surface area contributed by atoms with Gasteiger partial charge in [-0.05, 0) is 75.3 Å². The molecule has 8 heteroatoms. The fourth-order valence-electron chi connectivity index (χ4n) is 4.28. The molecule has 1 aliphatic rings. The zero-order valence-electron chi connectivity index (χ0n) is 19.6. The average Bonchev–Trinajstić information content (AvgIpc) is 2.83. The summed E-state index contributed by atoms with van der Waals surface area (Å²) in [6.07, 6.45) is 4.91. The van der Waals surface area contributed by atoms with Gasteiger partial charge in [0.1, 0.15) is 17.4 Å². The molecule has 1 saturated carbocycles. The number of nitrogens with one attached hydrogen (secondary N) is 2. The van der Waals surface area contributed by atoms with Crippen LogP contribution in [0.4, 0.5) is 10.2 Å². The Labute approximate surface area is 194 Å². The van der Waals surface area contributed by atoms with Crippen LogP contribution >= 0.6 is 0 Å². The number of benzene rings is 1. The number of rotatable bonds is 8. The molecule has 0 bridgehead atoms. The maximum absolute atomic E-state index is 13.7. The van der Waals surface area contributed by atoms with Crippen LogP contribution in [0.25, 0.3) is 0 Å². The number of carbonyl (C=O) groups excluding carboxylic acids is 2. The lowest BCUT2D eigenvalue weighted by atomic mass is 9.82. The summed E-state index contributed by atoms with van der Waals surface area (Å²) in [5.74, 6) is 0.882. The summed E-state index contributed by atoms with van der Waals surface area (Å²) in [5.41, 5.74) is 1.98. The summed E-state index contributed by atoms with van der Waals surface area (Å²) in [5, 5.41) is 6.26. The second kappa shape index (κ2) is 11.1. The minimum Gasteiger partial charge on any atom is -0.496 e. The Morgan fingerprint density at radius 2 is 1.91 bits per heavy atom. The van der Waals surface area contributed by atoms with Crippen molar-refractivity contribution >= 4 is 17.7 Å². The molecule has 33 heavy (non-hydrogen) atoms. The zero-order chi connectivity index (χ0) is 24.0. The van der Waals surface area contributed by atoms with Gasteiger partial charge >= 0.3 is 5.97 Å². The third-order valence-corrected chi connectivity index (χ3v) is 6.28. The van der Waals surface area contributed by atoms with Crippen LogP contribution in [0.2, 0.25) is 0 Å². The first-order valence-electron chi connectivity index (χ1n) is 11.2. The first-order chi connectivity index (χ1) is 15.8. The fourth-order valence-corrected chi connectivity index (χ4v) is 4.28. The molecule has 0 saturated heterocycles. The Morgan fingerprint density at radius 1 is 1.18 bits per heavy atom. The number of hydrogen-bond donors (Lipinski definition) is 2. The topological polar surface area (TPSA) is 89.5 Å². The molecule has 178 valence electrons. The smallest absolute Gasteiger partial charge is 0.308 e. The zero-order valence-corrected chi connectivity index (χ0v) is 19.6. The van der Waals surface area contributed by atoms with Crippen LogP contribution in [-0.2, 0) is 9.53 Å². The van der Waals surface area contributed by atoms with Gasteiger partial charge in [-0.25, -0.2) is 9.37 Å². The van der Waals surface area contributed by atoms with E-state index in [0.29, 0.717) is 35.2 Å². The number of nitrogens with zero attached hydrogens (tertiary/aromatic N) is 1. The summed E-state index contributed by atoms with van der Waals surface area (Å²) >= 11 is 0. The molecule has 1 atom stereocenters. The van der Waals surface area contributed by atoms with E-state index in [1.165, 1.54) is 25.4 Å². The number of aromatic nitrogens is 1. The number of aryl methyl sites for hydroxylation is 1. The van der Waals surface area contributed by atoms with E-state index in [-0.39, 0.29) is 29.7 Å². The highest BCUT2D eigenvalue weighted by molar-refractivity contribution is 5.94. The van der Waals surface area contributed by atoms with Crippen molar-refractivity contribution in [2.24, 2.45) is 11.8 Å². The summed E-state index contributed by atoms with van der Waals surface area (Å²) in [6, 6.07) is 5.93. The predicted molar refractivity (Wildman–Crippen MR) is 124 cm³/mol. The van der Waals surface area contributed by atoms with Crippen molar-refractivity contribution in [1.82, 2.24) is 10.3 Å². The third kappa shape index (κ3) is 6.21. The standard InChI is InChI=1S/C25H32FN3O4/c1-15-11-19(24(30)28-13-17-5-7-18(8-6-17)25(31)33-4)14-27-23(15)29-16(2)21-12-20(26)9-10-22(21)32-3/h9-12,14,16-18H,5-8,13H2,1-4H3,(H,27,29)(H,28,30). The van der Waals surface area contributed by atoms with Crippen molar-refractivity contribution in [3.05, 3.63) is 53.0 Å². The molecular weight excluding hydrogens is 425 g/mol. The molecule has 3 rings (SSSR count). The largest absolute Gasteiger partial charge is 0.496 e. The Bertz CT molecular complexity index is 990. The van der Waals surface area contributed by atoms with E-state index in [1.807, 2.05) is 13.8 Å². The third-order valence-electron chi connectivity index (χ3n) is 6.28. The van der Waals surface area contributed by atoms with Crippen molar-refractivity contribution < 1.29 is 23.5 Å². The van der Waals surface area contributed by atoms with Gasteiger partial charge in [0.05, 0.1) is 31.7 Å². The molecule has 1 aromatic carbocycles. The van der Waals surface area contributed by atoms with E-state index in [0.717, 1.165) is 31.2 Å². The number of methoxy groups -OCH3 is 2. The molecule has 1 aliphatic carbocycles. The Balaban J connectivity index is 1.56. The summed E-state index contributed by atoms with van der Waals surface area (Å²) in [7, 11) is 2.97. The highest BCUT2D eigenvalue weighted by Crippen LogP contribution is 2.30.